The molecule has 25 heavy (non-hydrogen) atoms. The molecule has 0 bridgehead atoms. The first kappa shape index (κ1) is 16.2. The van der Waals surface area contributed by atoms with Crippen molar-refractivity contribution >= 4 is 28.8 Å². The lowest BCUT2D eigenvalue weighted by Crippen LogP contribution is -2.28. The highest BCUT2D eigenvalue weighted by Crippen LogP contribution is 2.33. The van der Waals surface area contributed by atoms with Gasteiger partial charge in [-0.3, -0.25) is 9.78 Å². The third kappa shape index (κ3) is 3.57. The number of pyridine rings is 1. The van der Waals surface area contributed by atoms with E-state index < -0.39 is 0 Å². The average molecular weight is 370 g/mol. The Hall–Kier alpha value is -2.24. The minimum absolute atomic E-state index is 0.00385. The number of hydrogen-bond donors (Lipinski definition) is 1. The lowest BCUT2D eigenvalue weighted by atomic mass is 10.1. The highest BCUT2D eigenvalue weighted by Gasteiger charge is 2.24. The van der Waals surface area contributed by atoms with Gasteiger partial charge in [-0.05, 0) is 48.2 Å². The zero-order chi connectivity index (χ0) is 17.2. The van der Waals surface area contributed by atoms with Crippen molar-refractivity contribution in [2.45, 2.75) is 25.3 Å². The van der Waals surface area contributed by atoms with E-state index in [0.29, 0.717) is 0 Å². The Bertz CT molecular complexity index is 910. The molecule has 1 unspecified atom stereocenters. The molecule has 0 spiro atoms. The Morgan fingerprint density at radius 1 is 1.36 bits per heavy atom. The quantitative estimate of drug-likeness (QED) is 0.749. The van der Waals surface area contributed by atoms with E-state index in [9.17, 15) is 4.79 Å². The zero-order valence-corrected chi connectivity index (χ0v) is 15.0. The molecule has 0 saturated heterocycles. The van der Waals surface area contributed by atoms with Gasteiger partial charge in [-0.25, -0.2) is 4.98 Å². The normalized spacial score (nSPS) is 15.8. The van der Waals surface area contributed by atoms with E-state index in [1.165, 1.54) is 22.5 Å². The molecule has 0 saturated carbocycles. The molecule has 1 amide bonds. The minimum Gasteiger partial charge on any atom is -0.349 e. The average Bonchev–Trinajstić information content (AvgIpc) is 3.23. The summed E-state index contributed by atoms with van der Waals surface area (Å²) >= 11 is 7.57. The van der Waals surface area contributed by atoms with E-state index in [1.54, 1.807) is 12.4 Å². The number of fused-ring (bicyclic) bond motifs is 1. The monoisotopic (exact) mass is 369 g/mol. The third-order valence-corrected chi connectivity index (χ3v) is 5.50. The number of carbonyl (C=O) groups is 1. The van der Waals surface area contributed by atoms with Gasteiger partial charge in [0.2, 0.25) is 5.91 Å². The Balaban J connectivity index is 1.42. The van der Waals surface area contributed by atoms with E-state index in [-0.39, 0.29) is 18.4 Å². The number of carbonyl (C=O) groups excluding carboxylic acids is 1. The van der Waals surface area contributed by atoms with Gasteiger partial charge in [-0.15, -0.1) is 11.3 Å². The van der Waals surface area contributed by atoms with Gasteiger partial charge in [-0.1, -0.05) is 17.7 Å². The van der Waals surface area contributed by atoms with Crippen LogP contribution in [-0.2, 0) is 17.6 Å². The molecule has 2 heterocycles. The van der Waals surface area contributed by atoms with Crippen LogP contribution in [0.1, 0.15) is 29.3 Å². The number of halogens is 1. The first-order valence-corrected chi connectivity index (χ1v) is 9.37. The summed E-state index contributed by atoms with van der Waals surface area (Å²) in [5, 5.41) is 6.69. The Labute approximate surface area is 154 Å². The van der Waals surface area contributed by atoms with E-state index in [2.05, 4.69) is 15.3 Å². The number of aromatic nitrogens is 2. The zero-order valence-electron chi connectivity index (χ0n) is 13.4. The third-order valence-electron chi connectivity index (χ3n) is 4.32. The number of nitrogens with zero attached hydrogens (tertiary/aromatic N) is 2. The van der Waals surface area contributed by atoms with Crippen LogP contribution in [-0.4, -0.2) is 15.9 Å². The van der Waals surface area contributed by atoms with Gasteiger partial charge in [0.1, 0.15) is 5.01 Å². The number of amides is 1. The Kier molecular flexibility index (Phi) is 4.51. The van der Waals surface area contributed by atoms with E-state index in [0.717, 1.165) is 34.1 Å². The second-order valence-corrected chi connectivity index (χ2v) is 7.36. The topological polar surface area (TPSA) is 54.9 Å². The smallest absolute Gasteiger partial charge is 0.226 e. The fraction of sp³-hybridized carbons (Fsp3) is 0.211. The van der Waals surface area contributed by atoms with E-state index in [4.69, 9.17) is 11.6 Å². The molecule has 2 aromatic heterocycles. The van der Waals surface area contributed by atoms with Gasteiger partial charge in [-0.2, -0.15) is 0 Å². The number of rotatable bonds is 4. The summed E-state index contributed by atoms with van der Waals surface area (Å²) in [5.41, 5.74) is 4.16. The van der Waals surface area contributed by atoms with Crippen molar-refractivity contribution in [2.75, 3.05) is 0 Å². The molecule has 1 aromatic carbocycles. The second kappa shape index (κ2) is 6.94. The van der Waals surface area contributed by atoms with Gasteiger partial charge in [0.15, 0.2) is 0 Å². The fourth-order valence-corrected chi connectivity index (χ4v) is 4.16. The van der Waals surface area contributed by atoms with Crippen molar-refractivity contribution in [3.05, 3.63) is 69.9 Å². The van der Waals surface area contributed by atoms with Crippen LogP contribution in [0.3, 0.4) is 0 Å². The maximum atomic E-state index is 12.4. The summed E-state index contributed by atoms with van der Waals surface area (Å²) in [6.45, 7) is 0. The number of nitrogens with one attached hydrogen (secondary N) is 1. The molecule has 0 aliphatic heterocycles. The maximum absolute atomic E-state index is 12.4. The fourth-order valence-electron chi connectivity index (χ4n) is 3.16. The highest BCUT2D eigenvalue weighted by atomic mass is 35.5. The number of hydrogen-bond acceptors (Lipinski definition) is 4. The molecule has 126 valence electrons. The SMILES string of the molecule is O=C(Cc1csc(-c2cccnc2)n1)NC1CCc2cc(Cl)ccc21. The van der Waals surface area contributed by atoms with Crippen molar-refractivity contribution in [1.29, 1.82) is 0 Å². The molecule has 1 aliphatic rings. The van der Waals surface area contributed by atoms with Gasteiger partial charge in [0.25, 0.3) is 0 Å². The molecule has 6 heteroatoms. The van der Waals surface area contributed by atoms with Crippen molar-refractivity contribution in [3.8, 4) is 10.6 Å². The molecule has 0 fully saturated rings. The first-order valence-electron chi connectivity index (χ1n) is 8.11. The molecular formula is C19H16ClN3OS. The Morgan fingerprint density at radius 3 is 3.12 bits per heavy atom. The Morgan fingerprint density at radius 2 is 2.28 bits per heavy atom. The van der Waals surface area contributed by atoms with Crippen LogP contribution in [0.15, 0.2) is 48.1 Å². The van der Waals surface area contributed by atoms with Crippen molar-refractivity contribution in [3.63, 3.8) is 0 Å². The van der Waals surface area contributed by atoms with Crippen LogP contribution < -0.4 is 5.32 Å². The summed E-state index contributed by atoms with van der Waals surface area (Å²) < 4.78 is 0. The number of benzene rings is 1. The summed E-state index contributed by atoms with van der Waals surface area (Å²) in [5.74, 6) is -0.00385. The van der Waals surface area contributed by atoms with Gasteiger partial charge in [0, 0.05) is 28.4 Å². The van der Waals surface area contributed by atoms with Gasteiger partial charge >= 0.3 is 0 Å². The predicted octanol–water partition coefficient (Wildman–Crippen LogP) is 4.20. The number of thiazole rings is 1. The van der Waals surface area contributed by atoms with Crippen molar-refractivity contribution in [1.82, 2.24) is 15.3 Å². The van der Waals surface area contributed by atoms with Crippen LogP contribution >= 0.6 is 22.9 Å². The van der Waals surface area contributed by atoms with Gasteiger partial charge < -0.3 is 5.32 Å². The molecule has 4 rings (SSSR count). The second-order valence-electron chi connectivity index (χ2n) is 6.06. The van der Waals surface area contributed by atoms with E-state index in [1.807, 2.05) is 35.7 Å². The van der Waals surface area contributed by atoms with E-state index >= 15 is 0 Å². The molecule has 1 aliphatic carbocycles. The molecular weight excluding hydrogens is 354 g/mol. The molecule has 3 aromatic rings. The lowest BCUT2D eigenvalue weighted by Gasteiger charge is -2.13. The van der Waals surface area contributed by atoms with Crippen LogP contribution in [0.4, 0.5) is 0 Å². The summed E-state index contributed by atoms with van der Waals surface area (Å²) in [4.78, 5) is 21.1. The maximum Gasteiger partial charge on any atom is 0.226 e. The first-order chi connectivity index (χ1) is 12.2. The summed E-state index contributed by atoms with van der Waals surface area (Å²) in [6, 6.07) is 9.80. The standard InChI is InChI=1S/C19H16ClN3OS/c20-14-4-5-16-12(8-14)3-6-17(16)23-18(24)9-15-11-25-19(22-15)13-2-1-7-21-10-13/h1-2,4-5,7-8,10-11,17H,3,6,9H2,(H,23,24). The van der Waals surface area contributed by atoms with Crippen LogP contribution in [0, 0.1) is 0 Å². The van der Waals surface area contributed by atoms with Crippen molar-refractivity contribution in [2.24, 2.45) is 0 Å². The summed E-state index contributed by atoms with van der Waals surface area (Å²) in [7, 11) is 0. The molecule has 1 atom stereocenters. The van der Waals surface area contributed by atoms with Crippen molar-refractivity contribution < 1.29 is 4.79 Å². The predicted molar refractivity (Wildman–Crippen MR) is 99.7 cm³/mol. The van der Waals surface area contributed by atoms with Crippen LogP contribution in [0.2, 0.25) is 5.02 Å². The van der Waals surface area contributed by atoms with Crippen LogP contribution in [0.5, 0.6) is 0 Å². The molecule has 4 nitrogen and oxygen atoms in total. The lowest BCUT2D eigenvalue weighted by molar-refractivity contribution is -0.121. The minimum atomic E-state index is -0.00385. The largest absolute Gasteiger partial charge is 0.349 e. The molecule has 0 radical (unpaired) electrons. The summed E-state index contributed by atoms with van der Waals surface area (Å²) in [6.07, 6.45) is 5.67. The van der Waals surface area contributed by atoms with Gasteiger partial charge in [0.05, 0.1) is 18.2 Å². The van der Waals surface area contributed by atoms with Crippen LogP contribution in [0.25, 0.3) is 10.6 Å². The number of aryl methyl sites for hydroxylation is 1. The molecule has 1 N–H and O–H groups in total. The highest BCUT2D eigenvalue weighted by molar-refractivity contribution is 7.13.